The van der Waals surface area contributed by atoms with Crippen molar-refractivity contribution in [3.63, 3.8) is 0 Å². The van der Waals surface area contributed by atoms with Gasteiger partial charge in [-0.15, -0.1) is 0 Å². The molecule has 0 saturated heterocycles. The molecule has 0 aliphatic carbocycles. The molecule has 0 bridgehead atoms. The first-order valence-corrected chi connectivity index (χ1v) is 9.66. The molecule has 0 aliphatic heterocycles. The van der Waals surface area contributed by atoms with Gasteiger partial charge in [0.1, 0.15) is 11.8 Å². The van der Waals surface area contributed by atoms with Crippen molar-refractivity contribution in [1.82, 2.24) is 14.9 Å². The molecule has 3 rings (SSSR count). The summed E-state index contributed by atoms with van der Waals surface area (Å²) in [4.78, 5) is 4.13. The molecular weight excluding hydrogens is 394 g/mol. The van der Waals surface area contributed by atoms with E-state index in [0.29, 0.717) is 11.3 Å². The van der Waals surface area contributed by atoms with E-state index >= 15 is 0 Å². The zero-order chi connectivity index (χ0) is 19.4. The molecule has 142 valence electrons. The lowest BCUT2D eigenvalue weighted by Gasteiger charge is -2.12. The van der Waals surface area contributed by atoms with E-state index in [1.807, 2.05) is 0 Å². The van der Waals surface area contributed by atoms with Crippen LogP contribution in [0.3, 0.4) is 0 Å². The van der Waals surface area contributed by atoms with Crippen LogP contribution in [0.15, 0.2) is 57.9 Å². The van der Waals surface area contributed by atoms with Crippen LogP contribution in [0.1, 0.15) is 11.9 Å². The van der Waals surface area contributed by atoms with Gasteiger partial charge in [-0.2, -0.15) is 9.71 Å². The number of sulfonamides is 1. The largest absolute Gasteiger partial charge is 0.497 e. The van der Waals surface area contributed by atoms with Crippen molar-refractivity contribution in [2.45, 2.75) is 10.9 Å². The highest BCUT2D eigenvalue weighted by molar-refractivity contribution is 7.89. The quantitative estimate of drug-likeness (QED) is 0.615. The number of halogens is 1. The summed E-state index contributed by atoms with van der Waals surface area (Å²) in [5.41, 5.74) is 0.653. The Kier molecular flexibility index (Phi) is 5.76. The minimum Gasteiger partial charge on any atom is -0.497 e. The van der Waals surface area contributed by atoms with E-state index in [9.17, 15) is 13.5 Å². The van der Waals surface area contributed by atoms with Crippen molar-refractivity contribution in [2.24, 2.45) is 0 Å². The summed E-state index contributed by atoms with van der Waals surface area (Å²) < 4.78 is 37.5. The summed E-state index contributed by atoms with van der Waals surface area (Å²) >= 11 is 5.84. The predicted octanol–water partition coefficient (Wildman–Crippen LogP) is 2.41. The summed E-state index contributed by atoms with van der Waals surface area (Å²) in [6, 6.07) is 11.6. The molecule has 3 aromatic rings. The van der Waals surface area contributed by atoms with Gasteiger partial charge in [0, 0.05) is 10.6 Å². The van der Waals surface area contributed by atoms with E-state index in [4.69, 9.17) is 20.9 Å². The number of nitrogens with zero attached hydrogens (tertiary/aromatic N) is 2. The van der Waals surface area contributed by atoms with Crippen LogP contribution < -0.4 is 9.46 Å². The zero-order valence-corrected chi connectivity index (χ0v) is 15.7. The van der Waals surface area contributed by atoms with Crippen molar-refractivity contribution >= 4 is 21.6 Å². The first-order valence-electron chi connectivity index (χ1n) is 7.80. The standard InChI is InChI=1S/C17H16ClN3O5S/c1-25-13-7-5-11(6-8-13)16-19-17(26-20-16)15(10-22)21-27(23,24)14-4-2-3-12(18)9-14/h2-9,15,21-22H,10H2,1H3/t15-/m0/s1. The number of rotatable bonds is 7. The van der Waals surface area contributed by atoms with Crippen LogP contribution in [-0.4, -0.2) is 37.4 Å². The predicted molar refractivity (Wildman–Crippen MR) is 97.9 cm³/mol. The summed E-state index contributed by atoms with van der Waals surface area (Å²) in [5.74, 6) is 0.868. The maximum absolute atomic E-state index is 12.5. The minimum atomic E-state index is -3.95. The van der Waals surface area contributed by atoms with Gasteiger partial charge in [-0.3, -0.25) is 0 Å². The fraction of sp³-hybridized carbons (Fsp3) is 0.176. The smallest absolute Gasteiger partial charge is 0.247 e. The second kappa shape index (κ2) is 8.05. The number of methoxy groups -OCH3 is 1. The van der Waals surface area contributed by atoms with Crippen LogP contribution in [0.4, 0.5) is 0 Å². The molecule has 0 aliphatic rings. The van der Waals surface area contributed by atoms with Gasteiger partial charge < -0.3 is 14.4 Å². The molecule has 27 heavy (non-hydrogen) atoms. The van der Waals surface area contributed by atoms with Crippen molar-refractivity contribution in [3.8, 4) is 17.1 Å². The van der Waals surface area contributed by atoms with Crippen molar-refractivity contribution in [1.29, 1.82) is 0 Å². The average Bonchev–Trinajstić information content (AvgIpc) is 3.16. The lowest BCUT2D eigenvalue weighted by atomic mass is 10.2. The number of aromatic nitrogens is 2. The van der Waals surface area contributed by atoms with Gasteiger partial charge in [-0.25, -0.2) is 8.42 Å². The maximum Gasteiger partial charge on any atom is 0.247 e. The molecule has 0 saturated carbocycles. The molecule has 1 heterocycles. The third kappa shape index (κ3) is 4.45. The van der Waals surface area contributed by atoms with Crippen LogP contribution in [-0.2, 0) is 10.0 Å². The number of benzene rings is 2. The number of ether oxygens (including phenoxy) is 1. The van der Waals surface area contributed by atoms with Crippen LogP contribution in [0.5, 0.6) is 5.75 Å². The van der Waals surface area contributed by atoms with E-state index in [-0.39, 0.29) is 21.6 Å². The summed E-state index contributed by atoms with van der Waals surface area (Å²) in [6.07, 6.45) is 0. The van der Waals surface area contributed by atoms with Crippen LogP contribution in [0.25, 0.3) is 11.4 Å². The number of aliphatic hydroxyl groups is 1. The average molecular weight is 410 g/mol. The van der Waals surface area contributed by atoms with E-state index in [1.54, 1.807) is 37.4 Å². The van der Waals surface area contributed by atoms with Crippen molar-refractivity contribution < 1.29 is 22.8 Å². The van der Waals surface area contributed by atoms with E-state index in [0.717, 1.165) is 0 Å². The molecule has 0 fully saturated rings. The van der Waals surface area contributed by atoms with Crippen LogP contribution in [0, 0.1) is 0 Å². The lowest BCUT2D eigenvalue weighted by Crippen LogP contribution is -2.31. The van der Waals surface area contributed by atoms with Gasteiger partial charge >= 0.3 is 0 Å². The SMILES string of the molecule is COc1ccc(-c2noc([C@H](CO)NS(=O)(=O)c3cccc(Cl)c3)n2)cc1. The van der Waals surface area contributed by atoms with Gasteiger partial charge in [0.05, 0.1) is 18.6 Å². The van der Waals surface area contributed by atoms with Gasteiger partial charge in [0.25, 0.3) is 0 Å². The molecule has 0 unspecified atom stereocenters. The minimum absolute atomic E-state index is 0.0386. The monoisotopic (exact) mass is 409 g/mol. The molecule has 1 aromatic heterocycles. The summed E-state index contributed by atoms with van der Waals surface area (Å²) in [6.45, 7) is -0.565. The molecule has 2 aromatic carbocycles. The van der Waals surface area contributed by atoms with Gasteiger partial charge in [-0.05, 0) is 42.5 Å². The Balaban J connectivity index is 1.82. The van der Waals surface area contributed by atoms with Gasteiger partial charge in [0.15, 0.2) is 0 Å². The molecular formula is C17H16ClN3O5S. The summed E-state index contributed by atoms with van der Waals surface area (Å²) in [5, 5.41) is 13.7. The second-order valence-electron chi connectivity index (χ2n) is 5.50. The Morgan fingerprint density at radius 1 is 1.26 bits per heavy atom. The Labute approximate surface area is 160 Å². The van der Waals surface area contributed by atoms with Crippen molar-refractivity contribution in [2.75, 3.05) is 13.7 Å². The highest BCUT2D eigenvalue weighted by Crippen LogP contribution is 2.23. The third-order valence-corrected chi connectivity index (χ3v) is 5.38. The highest BCUT2D eigenvalue weighted by atomic mass is 35.5. The third-order valence-electron chi connectivity index (χ3n) is 3.67. The Morgan fingerprint density at radius 2 is 2.00 bits per heavy atom. The maximum atomic E-state index is 12.5. The molecule has 8 nitrogen and oxygen atoms in total. The number of nitrogens with one attached hydrogen (secondary N) is 1. The highest BCUT2D eigenvalue weighted by Gasteiger charge is 2.26. The molecule has 0 spiro atoms. The summed E-state index contributed by atoms with van der Waals surface area (Å²) in [7, 11) is -2.39. The van der Waals surface area contributed by atoms with E-state index in [2.05, 4.69) is 14.9 Å². The van der Waals surface area contributed by atoms with Crippen LogP contribution in [0.2, 0.25) is 5.02 Å². The first kappa shape index (κ1) is 19.3. The van der Waals surface area contributed by atoms with Gasteiger partial charge in [0.2, 0.25) is 21.7 Å². The molecule has 10 heteroatoms. The van der Waals surface area contributed by atoms with Crippen molar-refractivity contribution in [3.05, 3.63) is 59.4 Å². The van der Waals surface area contributed by atoms with Crippen LogP contribution >= 0.6 is 11.6 Å². The van der Waals surface area contributed by atoms with Gasteiger partial charge in [-0.1, -0.05) is 22.8 Å². The van der Waals surface area contributed by atoms with E-state index < -0.39 is 22.7 Å². The molecule has 1 atom stereocenters. The first-order chi connectivity index (χ1) is 12.9. The zero-order valence-electron chi connectivity index (χ0n) is 14.2. The lowest BCUT2D eigenvalue weighted by molar-refractivity contribution is 0.227. The second-order valence-corrected chi connectivity index (χ2v) is 7.65. The normalized spacial score (nSPS) is 12.7. The fourth-order valence-electron chi connectivity index (χ4n) is 2.29. The number of aliphatic hydroxyl groups excluding tert-OH is 1. The molecule has 2 N–H and O–H groups in total. The number of hydrogen-bond acceptors (Lipinski definition) is 7. The molecule has 0 amide bonds. The Morgan fingerprint density at radius 3 is 2.63 bits per heavy atom. The van der Waals surface area contributed by atoms with E-state index in [1.165, 1.54) is 18.2 Å². The Bertz CT molecular complexity index is 1020. The topological polar surface area (TPSA) is 115 Å². The number of hydrogen-bond donors (Lipinski definition) is 2. The fourth-order valence-corrected chi connectivity index (χ4v) is 3.77. The Hall–Kier alpha value is -2.46. The molecule has 0 radical (unpaired) electrons.